The molecule has 0 N–H and O–H groups in total. The minimum atomic E-state index is 0.349. The first kappa shape index (κ1) is 8.93. The molecule has 0 aliphatic carbocycles. The minimum absolute atomic E-state index is 0.349. The van der Waals surface area contributed by atoms with Crippen LogP contribution in [0.15, 0.2) is 34.7 Å². The van der Waals surface area contributed by atoms with Crippen molar-refractivity contribution in [3.05, 3.63) is 41.8 Å². The van der Waals surface area contributed by atoms with Gasteiger partial charge in [-0.05, 0) is 19.1 Å². The van der Waals surface area contributed by atoms with Gasteiger partial charge in [0.1, 0.15) is 11.8 Å². The maximum atomic E-state index is 9.03. The number of nitriles is 1. The van der Waals surface area contributed by atoms with Crippen LogP contribution in [0.25, 0.3) is 21.9 Å². The van der Waals surface area contributed by atoms with Crippen molar-refractivity contribution in [2.75, 3.05) is 0 Å². The van der Waals surface area contributed by atoms with E-state index in [1.165, 1.54) is 0 Å². The molecular formula is C13H8N2O. The molecule has 0 saturated carbocycles. The van der Waals surface area contributed by atoms with Crippen molar-refractivity contribution in [1.29, 1.82) is 5.26 Å². The number of rotatable bonds is 0. The monoisotopic (exact) mass is 208 g/mol. The number of aromatic nitrogens is 1. The molecule has 0 atom stereocenters. The summed E-state index contributed by atoms with van der Waals surface area (Å²) < 4.78 is 5.51. The van der Waals surface area contributed by atoms with Crippen molar-refractivity contribution in [1.82, 2.24) is 4.98 Å². The van der Waals surface area contributed by atoms with E-state index in [0.29, 0.717) is 11.3 Å². The van der Waals surface area contributed by atoms with Gasteiger partial charge in [-0.3, -0.25) is 0 Å². The Morgan fingerprint density at radius 1 is 1.25 bits per heavy atom. The molecule has 0 aliphatic heterocycles. The molecule has 0 aliphatic rings. The summed E-state index contributed by atoms with van der Waals surface area (Å²) in [6.45, 7) is 1.87. The van der Waals surface area contributed by atoms with Crippen LogP contribution >= 0.6 is 0 Å². The number of pyridine rings is 1. The number of furan rings is 1. The quantitative estimate of drug-likeness (QED) is 0.570. The molecule has 0 bridgehead atoms. The van der Waals surface area contributed by atoms with Crippen LogP contribution < -0.4 is 0 Å². The van der Waals surface area contributed by atoms with E-state index in [-0.39, 0.29) is 0 Å². The summed E-state index contributed by atoms with van der Waals surface area (Å²) in [5.41, 5.74) is 1.76. The van der Waals surface area contributed by atoms with E-state index < -0.39 is 0 Å². The first-order chi connectivity index (χ1) is 7.79. The van der Waals surface area contributed by atoms with Crippen molar-refractivity contribution >= 4 is 21.9 Å². The molecular weight excluding hydrogens is 200 g/mol. The van der Waals surface area contributed by atoms with Crippen LogP contribution in [0.5, 0.6) is 0 Å². The Kier molecular flexibility index (Phi) is 1.72. The second-order valence-electron chi connectivity index (χ2n) is 3.69. The summed E-state index contributed by atoms with van der Waals surface area (Å²) in [6.07, 6.45) is 0. The van der Waals surface area contributed by atoms with Crippen LogP contribution in [-0.4, -0.2) is 4.98 Å². The Hall–Kier alpha value is -2.34. The topological polar surface area (TPSA) is 49.8 Å². The smallest absolute Gasteiger partial charge is 0.184 e. The van der Waals surface area contributed by atoms with Crippen LogP contribution in [0.1, 0.15) is 11.5 Å². The van der Waals surface area contributed by atoms with Gasteiger partial charge in [0.2, 0.25) is 0 Å². The summed E-state index contributed by atoms with van der Waals surface area (Å²) in [5, 5.41) is 11.0. The minimum Gasteiger partial charge on any atom is -0.458 e. The molecule has 2 aromatic heterocycles. The summed E-state index contributed by atoms with van der Waals surface area (Å²) >= 11 is 0. The molecule has 0 unspecified atom stereocenters. The van der Waals surface area contributed by atoms with Gasteiger partial charge in [0.25, 0.3) is 0 Å². The van der Waals surface area contributed by atoms with Crippen molar-refractivity contribution in [3.8, 4) is 6.07 Å². The van der Waals surface area contributed by atoms with E-state index in [1.54, 1.807) is 0 Å². The predicted octanol–water partition coefficient (Wildman–Crippen LogP) is 3.16. The van der Waals surface area contributed by atoms with Crippen LogP contribution in [0.3, 0.4) is 0 Å². The SMILES string of the molecule is Cc1cc2c(o1)c(C#N)nc1ccccc12. The van der Waals surface area contributed by atoms with Crippen LogP contribution in [-0.2, 0) is 0 Å². The highest BCUT2D eigenvalue weighted by atomic mass is 16.3. The van der Waals surface area contributed by atoms with Crippen molar-refractivity contribution in [3.63, 3.8) is 0 Å². The maximum Gasteiger partial charge on any atom is 0.184 e. The van der Waals surface area contributed by atoms with Gasteiger partial charge in [0.15, 0.2) is 11.3 Å². The number of benzene rings is 1. The fourth-order valence-corrected chi connectivity index (χ4v) is 1.94. The van der Waals surface area contributed by atoms with Gasteiger partial charge < -0.3 is 4.42 Å². The summed E-state index contributed by atoms with van der Waals surface area (Å²) in [6, 6.07) is 11.8. The standard InChI is InChI=1S/C13H8N2O/c1-8-6-10-9-4-2-3-5-11(9)15-12(7-14)13(10)16-8/h2-6H,1H3. The average Bonchev–Trinajstić information content (AvgIpc) is 2.69. The number of para-hydroxylation sites is 1. The van der Waals surface area contributed by atoms with Crippen molar-refractivity contribution in [2.45, 2.75) is 6.92 Å². The number of hydrogen-bond donors (Lipinski definition) is 0. The first-order valence-corrected chi connectivity index (χ1v) is 4.98. The molecule has 2 heterocycles. The third-order valence-electron chi connectivity index (χ3n) is 2.60. The molecule has 3 aromatic rings. The predicted molar refractivity (Wildman–Crippen MR) is 61.0 cm³/mol. The number of nitrogens with zero attached hydrogens (tertiary/aromatic N) is 2. The Morgan fingerprint density at radius 2 is 2.06 bits per heavy atom. The van der Waals surface area contributed by atoms with Crippen molar-refractivity contribution in [2.24, 2.45) is 0 Å². The molecule has 1 aromatic carbocycles. The summed E-state index contributed by atoms with van der Waals surface area (Å²) in [5.74, 6) is 0.796. The zero-order chi connectivity index (χ0) is 11.1. The molecule has 16 heavy (non-hydrogen) atoms. The lowest BCUT2D eigenvalue weighted by Gasteiger charge is -1.98. The Morgan fingerprint density at radius 3 is 2.88 bits per heavy atom. The number of hydrogen-bond acceptors (Lipinski definition) is 3. The van der Waals surface area contributed by atoms with Gasteiger partial charge in [0, 0.05) is 10.8 Å². The molecule has 3 nitrogen and oxygen atoms in total. The van der Waals surface area contributed by atoms with Crippen LogP contribution in [0.4, 0.5) is 0 Å². The fourth-order valence-electron chi connectivity index (χ4n) is 1.94. The van der Waals surface area contributed by atoms with Gasteiger partial charge in [-0.2, -0.15) is 5.26 Å². The Bertz CT molecular complexity index is 735. The number of fused-ring (bicyclic) bond motifs is 3. The highest BCUT2D eigenvalue weighted by molar-refractivity contribution is 6.05. The largest absolute Gasteiger partial charge is 0.458 e. The van der Waals surface area contributed by atoms with Gasteiger partial charge in [0.05, 0.1) is 5.52 Å². The average molecular weight is 208 g/mol. The van der Waals surface area contributed by atoms with Gasteiger partial charge in [-0.1, -0.05) is 18.2 Å². The molecule has 3 heteroatoms. The Labute approximate surface area is 91.9 Å². The second kappa shape index (κ2) is 3.07. The van der Waals surface area contributed by atoms with Crippen LogP contribution in [0.2, 0.25) is 0 Å². The normalized spacial score (nSPS) is 10.8. The van der Waals surface area contributed by atoms with E-state index in [9.17, 15) is 0 Å². The molecule has 0 spiro atoms. The highest BCUT2D eigenvalue weighted by Crippen LogP contribution is 2.28. The molecule has 0 amide bonds. The third-order valence-corrected chi connectivity index (χ3v) is 2.60. The van der Waals surface area contributed by atoms with Crippen molar-refractivity contribution < 1.29 is 4.42 Å². The highest BCUT2D eigenvalue weighted by Gasteiger charge is 2.11. The first-order valence-electron chi connectivity index (χ1n) is 4.98. The fraction of sp³-hybridized carbons (Fsp3) is 0.0769. The molecule has 0 radical (unpaired) electrons. The van der Waals surface area contributed by atoms with E-state index in [2.05, 4.69) is 11.1 Å². The van der Waals surface area contributed by atoms with E-state index in [1.807, 2.05) is 37.3 Å². The summed E-state index contributed by atoms with van der Waals surface area (Å²) in [7, 11) is 0. The summed E-state index contributed by atoms with van der Waals surface area (Å²) in [4.78, 5) is 4.28. The lowest BCUT2D eigenvalue weighted by Crippen LogP contribution is -1.85. The Balaban J connectivity index is 2.63. The maximum absolute atomic E-state index is 9.03. The van der Waals surface area contributed by atoms with Crippen LogP contribution in [0, 0.1) is 18.3 Å². The molecule has 76 valence electrons. The van der Waals surface area contributed by atoms with E-state index in [0.717, 1.165) is 22.0 Å². The molecule has 3 rings (SSSR count). The lowest BCUT2D eigenvalue weighted by molar-refractivity contribution is 0.576. The molecule has 0 saturated heterocycles. The zero-order valence-corrected chi connectivity index (χ0v) is 8.69. The second-order valence-corrected chi connectivity index (χ2v) is 3.69. The third kappa shape index (κ3) is 1.10. The zero-order valence-electron chi connectivity index (χ0n) is 8.69. The van der Waals surface area contributed by atoms with Gasteiger partial charge in [-0.25, -0.2) is 4.98 Å². The van der Waals surface area contributed by atoms with E-state index in [4.69, 9.17) is 9.68 Å². The lowest BCUT2D eigenvalue weighted by atomic mass is 10.1. The number of aryl methyl sites for hydroxylation is 1. The van der Waals surface area contributed by atoms with Gasteiger partial charge >= 0.3 is 0 Å². The molecule has 0 fully saturated rings. The van der Waals surface area contributed by atoms with E-state index >= 15 is 0 Å². The van der Waals surface area contributed by atoms with Gasteiger partial charge in [-0.15, -0.1) is 0 Å².